The Balaban J connectivity index is 0.000000214. The van der Waals surface area contributed by atoms with Gasteiger partial charge < -0.3 is 21.3 Å². The number of carbonyl (C=O) groups is 2. The highest BCUT2D eigenvalue weighted by atomic mass is 19.1. The van der Waals surface area contributed by atoms with Gasteiger partial charge in [-0.3, -0.25) is 9.59 Å². The minimum atomic E-state index is -0.225. The van der Waals surface area contributed by atoms with Gasteiger partial charge in [0.1, 0.15) is 11.6 Å². The Kier molecular flexibility index (Phi) is 13.3. The molecule has 0 saturated heterocycles. The van der Waals surface area contributed by atoms with Crippen LogP contribution in [-0.4, -0.2) is 11.8 Å². The van der Waals surface area contributed by atoms with Crippen molar-refractivity contribution in [1.29, 1.82) is 0 Å². The van der Waals surface area contributed by atoms with Gasteiger partial charge in [0.2, 0.25) is 11.8 Å². The van der Waals surface area contributed by atoms with E-state index in [1.807, 2.05) is 0 Å². The summed E-state index contributed by atoms with van der Waals surface area (Å²) in [5.74, 6) is -0.320. The van der Waals surface area contributed by atoms with Crippen LogP contribution in [0.25, 0.3) is 0 Å². The zero-order valence-electron chi connectivity index (χ0n) is 35.2. The zero-order valence-corrected chi connectivity index (χ0v) is 35.2. The summed E-state index contributed by atoms with van der Waals surface area (Å²) in [5, 5.41) is 13.4. The van der Waals surface area contributed by atoms with E-state index in [1.165, 1.54) is 57.6 Å². The predicted octanol–water partition coefficient (Wildman–Crippen LogP) is 12.6. The molecule has 0 bridgehead atoms. The minimum Gasteiger partial charge on any atom is -0.378 e. The topological polar surface area (TPSA) is 82.3 Å². The van der Waals surface area contributed by atoms with Crippen LogP contribution in [0.15, 0.2) is 60.7 Å². The first-order valence-electron chi connectivity index (χ1n) is 20.2. The number of anilines is 4. The van der Waals surface area contributed by atoms with E-state index in [4.69, 9.17) is 0 Å². The first-order chi connectivity index (χ1) is 26.3. The molecule has 0 aromatic heterocycles. The number of fused-ring (bicyclic) bond motifs is 2. The van der Waals surface area contributed by atoms with E-state index in [0.717, 1.165) is 72.4 Å². The first-order valence-corrected chi connectivity index (χ1v) is 20.2. The van der Waals surface area contributed by atoms with Crippen LogP contribution in [0.1, 0.15) is 137 Å². The number of nitrogens with one attached hydrogen (secondary N) is 4. The lowest BCUT2D eigenvalue weighted by Crippen LogP contribution is -2.23. The summed E-state index contributed by atoms with van der Waals surface area (Å²) in [5.41, 5.74) is 13.4. The normalized spacial score (nSPS) is 16.4. The monoisotopic (exact) mass is 764 g/mol. The third-order valence-electron chi connectivity index (χ3n) is 10.8. The molecule has 0 fully saturated rings. The lowest BCUT2D eigenvalue weighted by Gasteiger charge is -2.30. The van der Waals surface area contributed by atoms with E-state index in [0.29, 0.717) is 12.8 Å². The number of hydrogen-bond acceptors (Lipinski definition) is 4. The Morgan fingerprint density at radius 1 is 0.589 bits per heavy atom. The molecule has 4 N–H and O–H groups in total. The quantitative estimate of drug-likeness (QED) is 0.144. The van der Waals surface area contributed by atoms with E-state index in [-0.39, 0.29) is 46.4 Å². The van der Waals surface area contributed by atoms with Crippen molar-refractivity contribution in [1.82, 2.24) is 0 Å². The molecule has 0 heterocycles. The van der Waals surface area contributed by atoms with Gasteiger partial charge in [-0.05, 0) is 170 Å². The maximum atomic E-state index is 13.2. The van der Waals surface area contributed by atoms with Crippen LogP contribution < -0.4 is 21.3 Å². The van der Waals surface area contributed by atoms with Gasteiger partial charge in [-0.2, -0.15) is 0 Å². The average molecular weight is 765 g/mol. The van der Waals surface area contributed by atoms with Crippen molar-refractivity contribution in [2.24, 2.45) is 10.8 Å². The summed E-state index contributed by atoms with van der Waals surface area (Å²) < 4.78 is 26.4. The van der Waals surface area contributed by atoms with E-state index in [9.17, 15) is 18.4 Å². The SMILES string of the molecule is Cc1cc2c(c(C)c1NC(=O)CC(C)(C)C)CCCC2Nc1ccc(F)cc1.Cc1cc2c(c(C)c1NC(=O)CC(C)(C)C)CCCC2Nc1ccc(F)cc1. The van der Waals surface area contributed by atoms with Gasteiger partial charge in [-0.25, -0.2) is 8.78 Å². The summed E-state index contributed by atoms with van der Waals surface area (Å²) in [7, 11) is 0. The molecule has 6 nitrogen and oxygen atoms in total. The van der Waals surface area contributed by atoms with Crippen LogP contribution in [0.5, 0.6) is 0 Å². The fraction of sp³-hybridized carbons (Fsp3) is 0.458. The smallest absolute Gasteiger partial charge is 0.224 e. The number of aryl methyl sites for hydroxylation is 2. The molecule has 2 atom stereocenters. The Hall–Kier alpha value is -4.72. The molecule has 2 amide bonds. The van der Waals surface area contributed by atoms with Crippen LogP contribution in [-0.2, 0) is 22.4 Å². The van der Waals surface area contributed by atoms with Crippen molar-refractivity contribution in [2.75, 3.05) is 21.3 Å². The second-order valence-electron chi connectivity index (χ2n) is 18.3. The van der Waals surface area contributed by atoms with Crippen molar-refractivity contribution in [3.63, 3.8) is 0 Å². The molecule has 56 heavy (non-hydrogen) atoms. The van der Waals surface area contributed by atoms with Crippen molar-refractivity contribution in [3.8, 4) is 0 Å². The van der Waals surface area contributed by atoms with Crippen molar-refractivity contribution in [2.45, 2.75) is 133 Å². The molecule has 4 aromatic carbocycles. The first kappa shape index (κ1) is 42.4. The molecular weight excluding hydrogens is 703 g/mol. The Bertz CT molecular complexity index is 1880. The second kappa shape index (κ2) is 17.6. The second-order valence-corrected chi connectivity index (χ2v) is 18.3. The molecule has 4 aromatic rings. The average Bonchev–Trinajstić information content (AvgIpc) is 3.10. The van der Waals surface area contributed by atoms with E-state index in [1.54, 1.807) is 24.3 Å². The highest BCUT2D eigenvalue weighted by Crippen LogP contribution is 2.40. The molecule has 0 saturated carbocycles. The molecule has 0 radical (unpaired) electrons. The number of carbonyl (C=O) groups excluding carboxylic acids is 2. The van der Waals surface area contributed by atoms with Crippen LogP contribution in [0, 0.1) is 50.2 Å². The molecule has 2 unspecified atom stereocenters. The minimum absolute atomic E-state index is 0.0374. The van der Waals surface area contributed by atoms with Gasteiger partial charge >= 0.3 is 0 Å². The molecule has 6 rings (SSSR count). The van der Waals surface area contributed by atoms with Crippen LogP contribution in [0.2, 0.25) is 0 Å². The molecule has 2 aliphatic rings. The Labute approximate surface area is 333 Å². The van der Waals surface area contributed by atoms with Crippen molar-refractivity contribution < 1.29 is 18.4 Å². The molecule has 0 spiro atoms. The summed E-state index contributed by atoms with van der Waals surface area (Å²) in [6.45, 7) is 20.8. The lowest BCUT2D eigenvalue weighted by molar-refractivity contribution is -0.118. The highest BCUT2D eigenvalue weighted by molar-refractivity contribution is 5.94. The summed E-state index contributed by atoms with van der Waals surface area (Å²) in [6, 6.07) is 17.9. The molecular formula is C48H62F2N4O2. The maximum Gasteiger partial charge on any atom is 0.224 e. The van der Waals surface area contributed by atoms with Crippen LogP contribution >= 0.6 is 0 Å². The van der Waals surface area contributed by atoms with Gasteiger partial charge in [-0.15, -0.1) is 0 Å². The zero-order chi connectivity index (χ0) is 40.9. The van der Waals surface area contributed by atoms with Gasteiger partial charge in [0.05, 0.1) is 12.1 Å². The Morgan fingerprint density at radius 2 is 0.929 bits per heavy atom. The summed E-state index contributed by atoms with van der Waals surface area (Å²) in [6.07, 6.45) is 7.29. The fourth-order valence-electron chi connectivity index (χ4n) is 8.18. The van der Waals surface area contributed by atoms with Crippen LogP contribution in [0.3, 0.4) is 0 Å². The highest BCUT2D eigenvalue weighted by Gasteiger charge is 2.27. The standard InChI is InChI=1S/2C24H31FN2O/c2*1-15-13-20-19(16(2)23(15)27-22(28)14-24(3,4)5)7-6-8-21(20)26-18-11-9-17(25)10-12-18/h2*9-13,21,26H,6-8,14H2,1-5H3,(H,27,28). The van der Waals surface area contributed by atoms with Gasteiger partial charge in [0, 0.05) is 35.6 Å². The molecule has 2 aliphatic carbocycles. The number of hydrogen-bond donors (Lipinski definition) is 4. The lowest BCUT2D eigenvalue weighted by atomic mass is 9.83. The third-order valence-corrected chi connectivity index (χ3v) is 10.8. The largest absolute Gasteiger partial charge is 0.378 e. The molecule has 0 aliphatic heterocycles. The maximum absolute atomic E-state index is 13.2. The fourth-order valence-corrected chi connectivity index (χ4v) is 8.18. The molecule has 300 valence electrons. The summed E-state index contributed by atoms with van der Waals surface area (Å²) in [4.78, 5) is 25.0. The predicted molar refractivity (Wildman–Crippen MR) is 229 cm³/mol. The molecule has 8 heteroatoms. The van der Waals surface area contributed by atoms with E-state index < -0.39 is 0 Å². The Morgan fingerprint density at radius 3 is 1.25 bits per heavy atom. The van der Waals surface area contributed by atoms with E-state index in [2.05, 4.69) is 103 Å². The van der Waals surface area contributed by atoms with Gasteiger partial charge in [0.15, 0.2) is 0 Å². The third kappa shape index (κ3) is 11.2. The van der Waals surface area contributed by atoms with Gasteiger partial charge in [-0.1, -0.05) is 53.7 Å². The number of halogens is 2. The van der Waals surface area contributed by atoms with Crippen molar-refractivity contribution in [3.05, 3.63) is 117 Å². The van der Waals surface area contributed by atoms with Gasteiger partial charge in [0.25, 0.3) is 0 Å². The summed E-state index contributed by atoms with van der Waals surface area (Å²) >= 11 is 0. The number of benzene rings is 4. The number of rotatable bonds is 8. The number of amides is 2. The van der Waals surface area contributed by atoms with E-state index >= 15 is 0 Å². The van der Waals surface area contributed by atoms with Crippen LogP contribution in [0.4, 0.5) is 31.5 Å². The van der Waals surface area contributed by atoms with Crippen molar-refractivity contribution >= 4 is 34.6 Å².